The number of nitrogens with one attached hydrogen (secondary N) is 1. The molecule has 0 saturated heterocycles. The summed E-state index contributed by atoms with van der Waals surface area (Å²) in [5.74, 6) is 0.538. The van der Waals surface area contributed by atoms with E-state index >= 15 is 0 Å². The van der Waals surface area contributed by atoms with Crippen molar-refractivity contribution in [1.82, 2.24) is 5.32 Å². The Morgan fingerprint density at radius 2 is 1.90 bits per heavy atom. The normalized spacial score (nSPS) is 13.8. The molecule has 0 fully saturated rings. The van der Waals surface area contributed by atoms with Gasteiger partial charge in [-0.2, -0.15) is 13.2 Å². The van der Waals surface area contributed by atoms with Crippen LogP contribution in [0, 0.1) is 5.92 Å². The second-order valence-electron chi connectivity index (χ2n) is 5.50. The Morgan fingerprint density at radius 1 is 1.20 bits per heavy atom. The molecule has 0 saturated carbocycles. The van der Waals surface area contributed by atoms with Crippen LogP contribution in [0.5, 0.6) is 0 Å². The average molecular weight is 287 g/mol. The lowest BCUT2D eigenvalue weighted by molar-refractivity contribution is -0.137. The number of halogens is 3. The van der Waals surface area contributed by atoms with Gasteiger partial charge in [-0.1, -0.05) is 39.0 Å². The van der Waals surface area contributed by atoms with E-state index in [0.717, 1.165) is 31.0 Å². The minimum Gasteiger partial charge on any atom is -0.314 e. The summed E-state index contributed by atoms with van der Waals surface area (Å²) in [6.45, 7) is 7.32. The monoisotopic (exact) mass is 287 g/mol. The number of alkyl halides is 3. The Kier molecular flexibility index (Phi) is 6.53. The molecule has 1 rings (SSSR count). The Morgan fingerprint density at radius 3 is 2.45 bits per heavy atom. The maximum Gasteiger partial charge on any atom is 0.416 e. The fourth-order valence-electron chi connectivity index (χ4n) is 2.36. The van der Waals surface area contributed by atoms with Gasteiger partial charge in [0, 0.05) is 6.04 Å². The van der Waals surface area contributed by atoms with Crippen LogP contribution >= 0.6 is 0 Å². The van der Waals surface area contributed by atoms with E-state index in [4.69, 9.17) is 0 Å². The summed E-state index contributed by atoms with van der Waals surface area (Å²) in [6.07, 6.45) is -1.67. The Labute approximate surface area is 119 Å². The predicted octanol–water partition coefficient (Wildman–Crippen LogP) is 4.66. The molecule has 0 spiro atoms. The van der Waals surface area contributed by atoms with Crippen LogP contribution in [-0.2, 0) is 12.6 Å². The second kappa shape index (κ2) is 7.67. The van der Waals surface area contributed by atoms with Crippen LogP contribution in [0.3, 0.4) is 0 Å². The molecular formula is C16H24F3N. The molecule has 1 aromatic rings. The van der Waals surface area contributed by atoms with Crippen molar-refractivity contribution in [3.05, 3.63) is 35.4 Å². The van der Waals surface area contributed by atoms with Crippen molar-refractivity contribution < 1.29 is 13.2 Å². The van der Waals surface area contributed by atoms with E-state index in [9.17, 15) is 13.2 Å². The van der Waals surface area contributed by atoms with Crippen LogP contribution in [0.15, 0.2) is 24.3 Å². The summed E-state index contributed by atoms with van der Waals surface area (Å²) in [7, 11) is 0. The zero-order valence-corrected chi connectivity index (χ0v) is 12.4. The molecule has 1 atom stereocenters. The van der Waals surface area contributed by atoms with Gasteiger partial charge in [-0.3, -0.25) is 0 Å². The predicted molar refractivity (Wildman–Crippen MR) is 76.7 cm³/mol. The van der Waals surface area contributed by atoms with Gasteiger partial charge >= 0.3 is 6.18 Å². The highest BCUT2D eigenvalue weighted by atomic mass is 19.4. The van der Waals surface area contributed by atoms with Gasteiger partial charge in [0.25, 0.3) is 0 Å². The summed E-state index contributed by atoms with van der Waals surface area (Å²) < 4.78 is 37.8. The van der Waals surface area contributed by atoms with Gasteiger partial charge in [-0.05, 0) is 43.4 Å². The topological polar surface area (TPSA) is 12.0 Å². The van der Waals surface area contributed by atoms with Gasteiger partial charge in [0.05, 0.1) is 5.56 Å². The summed E-state index contributed by atoms with van der Waals surface area (Å²) in [4.78, 5) is 0. The standard InChI is InChI=1S/C16H24F3N/c1-4-20-15(12(2)3)10-6-8-13-7-5-9-14(11-13)16(17,18)19/h5,7,9,11-12,15,20H,4,6,8,10H2,1-3H3. The summed E-state index contributed by atoms with van der Waals surface area (Å²) in [6, 6.07) is 6.08. The first kappa shape index (κ1) is 17.0. The highest BCUT2D eigenvalue weighted by Crippen LogP contribution is 2.29. The van der Waals surface area contributed by atoms with Crippen molar-refractivity contribution in [2.24, 2.45) is 5.92 Å². The third kappa shape index (κ3) is 5.53. The number of benzene rings is 1. The SMILES string of the molecule is CCNC(CCCc1cccc(C(F)(F)F)c1)C(C)C. The smallest absolute Gasteiger partial charge is 0.314 e. The molecule has 0 aromatic heterocycles. The zero-order valence-electron chi connectivity index (χ0n) is 12.4. The van der Waals surface area contributed by atoms with Crippen LogP contribution in [0.1, 0.15) is 44.7 Å². The van der Waals surface area contributed by atoms with Crippen molar-refractivity contribution >= 4 is 0 Å². The molecule has 0 radical (unpaired) electrons. The lowest BCUT2D eigenvalue weighted by atomic mass is 9.96. The molecule has 0 amide bonds. The maximum absolute atomic E-state index is 12.6. The van der Waals surface area contributed by atoms with Crippen molar-refractivity contribution in [2.45, 2.75) is 52.3 Å². The zero-order chi connectivity index (χ0) is 15.2. The molecule has 114 valence electrons. The van der Waals surface area contributed by atoms with Crippen molar-refractivity contribution in [2.75, 3.05) is 6.54 Å². The average Bonchev–Trinajstić information content (AvgIpc) is 2.37. The molecule has 20 heavy (non-hydrogen) atoms. The first-order valence-electron chi connectivity index (χ1n) is 7.24. The van der Waals surface area contributed by atoms with Gasteiger partial charge in [-0.15, -0.1) is 0 Å². The number of hydrogen-bond donors (Lipinski definition) is 1. The number of rotatable bonds is 7. The van der Waals surface area contributed by atoms with E-state index in [2.05, 4.69) is 26.1 Å². The van der Waals surface area contributed by atoms with E-state index in [1.165, 1.54) is 12.1 Å². The number of hydrogen-bond acceptors (Lipinski definition) is 1. The van der Waals surface area contributed by atoms with E-state index in [-0.39, 0.29) is 0 Å². The molecule has 4 heteroatoms. The lowest BCUT2D eigenvalue weighted by Gasteiger charge is -2.21. The minimum absolute atomic E-state index is 0.436. The van der Waals surface area contributed by atoms with Crippen LogP contribution in [0.2, 0.25) is 0 Å². The van der Waals surface area contributed by atoms with Crippen LogP contribution in [0.4, 0.5) is 13.2 Å². The summed E-state index contributed by atoms with van der Waals surface area (Å²) in [5.41, 5.74) is 0.209. The van der Waals surface area contributed by atoms with Gasteiger partial charge < -0.3 is 5.32 Å². The van der Waals surface area contributed by atoms with Crippen LogP contribution < -0.4 is 5.32 Å². The minimum atomic E-state index is -4.25. The van der Waals surface area contributed by atoms with Gasteiger partial charge in [0.15, 0.2) is 0 Å². The molecule has 1 nitrogen and oxygen atoms in total. The van der Waals surface area contributed by atoms with Crippen molar-refractivity contribution in [3.8, 4) is 0 Å². The summed E-state index contributed by atoms with van der Waals surface area (Å²) in [5, 5.41) is 3.42. The van der Waals surface area contributed by atoms with E-state index in [1.807, 2.05) is 0 Å². The third-order valence-electron chi connectivity index (χ3n) is 3.51. The Bertz CT molecular complexity index is 399. The second-order valence-corrected chi connectivity index (χ2v) is 5.50. The Hall–Kier alpha value is -1.03. The molecule has 0 bridgehead atoms. The fourth-order valence-corrected chi connectivity index (χ4v) is 2.36. The molecule has 0 heterocycles. The fraction of sp³-hybridized carbons (Fsp3) is 0.625. The molecule has 1 unspecified atom stereocenters. The molecular weight excluding hydrogens is 263 g/mol. The van der Waals surface area contributed by atoms with Crippen LogP contribution in [0.25, 0.3) is 0 Å². The largest absolute Gasteiger partial charge is 0.416 e. The molecule has 1 aromatic carbocycles. The molecule has 1 N–H and O–H groups in total. The van der Waals surface area contributed by atoms with E-state index < -0.39 is 11.7 Å². The van der Waals surface area contributed by atoms with Crippen LogP contribution in [-0.4, -0.2) is 12.6 Å². The molecule has 0 aliphatic rings. The van der Waals surface area contributed by atoms with Gasteiger partial charge in [-0.25, -0.2) is 0 Å². The maximum atomic E-state index is 12.6. The molecule has 0 aliphatic heterocycles. The van der Waals surface area contributed by atoms with E-state index in [0.29, 0.717) is 18.4 Å². The first-order valence-corrected chi connectivity index (χ1v) is 7.24. The highest BCUT2D eigenvalue weighted by molar-refractivity contribution is 5.25. The van der Waals surface area contributed by atoms with Crippen molar-refractivity contribution in [3.63, 3.8) is 0 Å². The first-order chi connectivity index (χ1) is 9.34. The quantitative estimate of drug-likeness (QED) is 0.769. The molecule has 0 aliphatic carbocycles. The Balaban J connectivity index is 2.53. The van der Waals surface area contributed by atoms with E-state index in [1.54, 1.807) is 6.07 Å². The van der Waals surface area contributed by atoms with Gasteiger partial charge in [0.1, 0.15) is 0 Å². The third-order valence-corrected chi connectivity index (χ3v) is 3.51. The lowest BCUT2D eigenvalue weighted by Crippen LogP contribution is -2.33. The number of aryl methyl sites for hydroxylation is 1. The highest BCUT2D eigenvalue weighted by Gasteiger charge is 2.30. The van der Waals surface area contributed by atoms with Crippen molar-refractivity contribution in [1.29, 1.82) is 0 Å². The summed E-state index contributed by atoms with van der Waals surface area (Å²) >= 11 is 0. The van der Waals surface area contributed by atoms with Gasteiger partial charge in [0.2, 0.25) is 0 Å².